The summed E-state index contributed by atoms with van der Waals surface area (Å²) in [5.41, 5.74) is 5.38. The largest absolute Gasteiger partial charge is 0.466 e. The number of aryl methyl sites for hydroxylation is 2. The number of ether oxygens (including phenoxy) is 1. The molecular weight excluding hydrogens is 477 g/mol. The Morgan fingerprint density at radius 3 is 2.44 bits per heavy atom. The zero-order valence-electron chi connectivity index (χ0n) is 19.3. The molecular formula is C25H29ClF5NO2. The van der Waals surface area contributed by atoms with E-state index in [-0.39, 0.29) is 24.6 Å². The fourth-order valence-corrected chi connectivity index (χ4v) is 3.78. The van der Waals surface area contributed by atoms with Crippen LogP contribution in [0.3, 0.4) is 0 Å². The number of alkyl halides is 3. The number of rotatable bonds is 9. The van der Waals surface area contributed by atoms with E-state index in [1.54, 1.807) is 13.8 Å². The normalized spacial score (nSPS) is 12.5. The Kier molecular flexibility index (Phi) is 11.2. The fraction of sp³-hybridized carbons (Fsp3) is 0.400. The average molecular weight is 506 g/mol. The highest BCUT2D eigenvalue weighted by atomic mass is 35.5. The van der Waals surface area contributed by atoms with Crippen LogP contribution < -0.4 is 5.73 Å². The maximum absolute atomic E-state index is 14.9. The third kappa shape index (κ3) is 7.53. The van der Waals surface area contributed by atoms with Crippen molar-refractivity contribution in [3.8, 4) is 11.1 Å². The van der Waals surface area contributed by atoms with Crippen LogP contribution in [0.15, 0.2) is 36.4 Å². The van der Waals surface area contributed by atoms with Crippen LogP contribution in [0.25, 0.3) is 11.1 Å². The molecule has 0 saturated carbocycles. The zero-order valence-corrected chi connectivity index (χ0v) is 20.1. The first-order valence-electron chi connectivity index (χ1n) is 10.7. The Morgan fingerprint density at radius 2 is 1.85 bits per heavy atom. The van der Waals surface area contributed by atoms with Crippen LogP contribution in [0.2, 0.25) is 0 Å². The molecule has 2 rings (SSSR count). The van der Waals surface area contributed by atoms with Gasteiger partial charge in [0.05, 0.1) is 18.6 Å². The molecule has 3 nitrogen and oxygen atoms in total. The van der Waals surface area contributed by atoms with Gasteiger partial charge >= 0.3 is 12.1 Å². The summed E-state index contributed by atoms with van der Waals surface area (Å²) in [5, 5.41) is 0. The van der Waals surface area contributed by atoms with Gasteiger partial charge in [-0.1, -0.05) is 12.2 Å². The molecule has 0 saturated heterocycles. The zero-order chi connectivity index (χ0) is 24.8. The molecule has 0 radical (unpaired) electrons. The van der Waals surface area contributed by atoms with Gasteiger partial charge in [0.2, 0.25) is 0 Å². The van der Waals surface area contributed by atoms with E-state index in [1.807, 2.05) is 19.1 Å². The summed E-state index contributed by atoms with van der Waals surface area (Å²) in [6, 6.07) is 3.09. The topological polar surface area (TPSA) is 52.3 Å². The summed E-state index contributed by atoms with van der Waals surface area (Å²) >= 11 is 0. The average Bonchev–Trinajstić information content (AvgIpc) is 2.70. The quantitative estimate of drug-likeness (QED) is 0.169. The molecule has 2 N–H and O–H groups in total. The van der Waals surface area contributed by atoms with Gasteiger partial charge < -0.3 is 10.5 Å². The third-order valence-electron chi connectivity index (χ3n) is 5.22. The Morgan fingerprint density at radius 1 is 1.18 bits per heavy atom. The molecule has 2 aromatic rings. The Hall–Kier alpha value is -2.45. The SMILES string of the molecule is CC=CCCCc1cc(F)cc(C)c1-c1cc([C@@H](N)CC(=O)OCC)c(F)c(C(F)(F)F)c1.Cl. The van der Waals surface area contributed by atoms with E-state index in [0.29, 0.717) is 35.6 Å². The second-order valence-electron chi connectivity index (χ2n) is 7.76. The third-order valence-corrected chi connectivity index (χ3v) is 5.22. The molecule has 0 unspecified atom stereocenters. The summed E-state index contributed by atoms with van der Waals surface area (Å²) < 4.78 is 74.9. The van der Waals surface area contributed by atoms with Gasteiger partial charge in [-0.15, -0.1) is 12.4 Å². The van der Waals surface area contributed by atoms with E-state index in [1.165, 1.54) is 18.2 Å². The molecule has 0 aliphatic rings. The Bertz CT molecular complexity index is 1020. The standard InChI is InChI=1S/C25H28F5NO2.ClH/c1-4-6-7-8-9-16-11-18(26)10-15(3)23(16)17-12-19(21(31)14-22(32)33-5-2)24(27)20(13-17)25(28,29)30;/h4,6,10-13,21H,5,7-9,14,31H2,1-3H3;1H/t21-;/m0./s1. The number of carbonyl (C=O) groups excluding carboxylic acids is 1. The molecule has 0 aliphatic heterocycles. The van der Waals surface area contributed by atoms with Crippen LogP contribution in [0.4, 0.5) is 22.0 Å². The number of hydrogen-bond donors (Lipinski definition) is 1. The first-order valence-corrected chi connectivity index (χ1v) is 10.7. The van der Waals surface area contributed by atoms with Crippen molar-refractivity contribution < 1.29 is 31.5 Å². The van der Waals surface area contributed by atoms with Gasteiger partial charge in [0.1, 0.15) is 11.6 Å². The number of halogens is 6. The van der Waals surface area contributed by atoms with E-state index in [2.05, 4.69) is 0 Å². The molecule has 9 heteroatoms. The lowest BCUT2D eigenvalue weighted by atomic mass is 9.88. The van der Waals surface area contributed by atoms with Crippen molar-refractivity contribution in [2.45, 2.75) is 58.7 Å². The van der Waals surface area contributed by atoms with Gasteiger partial charge in [-0.3, -0.25) is 4.79 Å². The first kappa shape index (κ1) is 29.6. The van der Waals surface area contributed by atoms with E-state index in [0.717, 1.165) is 6.42 Å². The van der Waals surface area contributed by atoms with Crippen molar-refractivity contribution in [2.24, 2.45) is 5.73 Å². The summed E-state index contributed by atoms with van der Waals surface area (Å²) in [6.07, 6.45) is 0.146. The smallest absolute Gasteiger partial charge is 0.419 e. The van der Waals surface area contributed by atoms with Crippen molar-refractivity contribution in [2.75, 3.05) is 6.61 Å². The number of hydrogen-bond acceptors (Lipinski definition) is 3. The van der Waals surface area contributed by atoms with Crippen LogP contribution in [0.1, 0.15) is 61.4 Å². The second-order valence-corrected chi connectivity index (χ2v) is 7.76. The number of carbonyl (C=O) groups is 1. The first-order chi connectivity index (χ1) is 15.5. The molecule has 0 aliphatic carbocycles. The molecule has 2 aromatic carbocycles. The minimum Gasteiger partial charge on any atom is -0.466 e. The van der Waals surface area contributed by atoms with Gasteiger partial charge in [-0.2, -0.15) is 13.2 Å². The summed E-state index contributed by atoms with van der Waals surface area (Å²) in [7, 11) is 0. The number of benzene rings is 2. The van der Waals surface area contributed by atoms with Crippen molar-refractivity contribution >= 4 is 18.4 Å². The molecule has 34 heavy (non-hydrogen) atoms. The van der Waals surface area contributed by atoms with Crippen LogP contribution in [0.5, 0.6) is 0 Å². The van der Waals surface area contributed by atoms with Gasteiger partial charge in [-0.25, -0.2) is 8.78 Å². The van der Waals surface area contributed by atoms with Crippen molar-refractivity contribution in [1.29, 1.82) is 0 Å². The van der Waals surface area contributed by atoms with Gasteiger partial charge in [0, 0.05) is 11.6 Å². The number of allylic oxidation sites excluding steroid dienone is 2. The van der Waals surface area contributed by atoms with Crippen molar-refractivity contribution in [1.82, 2.24) is 0 Å². The lowest BCUT2D eigenvalue weighted by Gasteiger charge is -2.20. The van der Waals surface area contributed by atoms with Gasteiger partial charge in [0.15, 0.2) is 0 Å². The Balaban J connectivity index is 0.00000578. The van der Waals surface area contributed by atoms with Crippen LogP contribution >= 0.6 is 12.4 Å². The molecule has 0 aromatic heterocycles. The van der Waals surface area contributed by atoms with E-state index in [4.69, 9.17) is 10.5 Å². The molecule has 1 atom stereocenters. The molecule has 0 heterocycles. The summed E-state index contributed by atoms with van der Waals surface area (Å²) in [5.74, 6) is -2.78. The van der Waals surface area contributed by atoms with E-state index >= 15 is 0 Å². The maximum Gasteiger partial charge on any atom is 0.419 e. The minimum atomic E-state index is -4.99. The summed E-state index contributed by atoms with van der Waals surface area (Å²) in [4.78, 5) is 11.8. The second kappa shape index (κ2) is 12.9. The number of nitrogens with two attached hydrogens (primary N) is 1. The minimum absolute atomic E-state index is 0. The fourth-order valence-electron chi connectivity index (χ4n) is 3.78. The highest BCUT2D eigenvalue weighted by molar-refractivity contribution is 5.85. The van der Waals surface area contributed by atoms with Gasteiger partial charge in [-0.05, 0) is 86.6 Å². The van der Waals surface area contributed by atoms with Crippen molar-refractivity contribution in [3.05, 3.63) is 70.3 Å². The predicted octanol–water partition coefficient (Wildman–Crippen LogP) is 7.23. The molecule has 0 spiro atoms. The van der Waals surface area contributed by atoms with Crippen LogP contribution in [-0.4, -0.2) is 12.6 Å². The predicted molar refractivity (Wildman–Crippen MR) is 125 cm³/mol. The molecule has 0 amide bonds. The number of unbranched alkanes of at least 4 members (excludes halogenated alkanes) is 1. The lowest BCUT2D eigenvalue weighted by molar-refractivity contribution is -0.143. The van der Waals surface area contributed by atoms with Crippen LogP contribution in [0, 0.1) is 18.6 Å². The molecule has 0 bridgehead atoms. The molecule has 188 valence electrons. The molecule has 0 fully saturated rings. The lowest BCUT2D eigenvalue weighted by Crippen LogP contribution is -2.21. The number of esters is 1. The van der Waals surface area contributed by atoms with Crippen LogP contribution in [-0.2, 0) is 22.1 Å². The highest BCUT2D eigenvalue weighted by Crippen LogP contribution is 2.40. The highest BCUT2D eigenvalue weighted by Gasteiger charge is 2.37. The summed E-state index contributed by atoms with van der Waals surface area (Å²) in [6.45, 7) is 5.09. The Labute approximate surface area is 202 Å². The maximum atomic E-state index is 14.9. The van der Waals surface area contributed by atoms with Crippen molar-refractivity contribution in [3.63, 3.8) is 0 Å². The monoisotopic (exact) mass is 505 g/mol. The van der Waals surface area contributed by atoms with E-state index in [9.17, 15) is 26.7 Å². The van der Waals surface area contributed by atoms with Gasteiger partial charge in [0.25, 0.3) is 0 Å². The van der Waals surface area contributed by atoms with E-state index < -0.39 is 47.4 Å².